The van der Waals surface area contributed by atoms with E-state index in [9.17, 15) is 14.4 Å². The quantitative estimate of drug-likeness (QED) is 0.516. The second-order valence-corrected chi connectivity index (χ2v) is 7.30. The summed E-state index contributed by atoms with van der Waals surface area (Å²) in [6.07, 6.45) is 0.460. The molecule has 0 spiro atoms. The Morgan fingerprint density at radius 2 is 1.27 bits per heavy atom. The number of Topliss-reactive ketones (excluding diaryl/α,β-unsaturated/α-hetero) is 1. The Labute approximate surface area is 177 Å². The topological polar surface area (TPSA) is 81.8 Å². The number of rotatable bonds is 8. The van der Waals surface area contributed by atoms with E-state index in [0.717, 1.165) is 26.2 Å². The minimum atomic E-state index is -0.371. The van der Waals surface area contributed by atoms with Crippen molar-refractivity contribution in [1.29, 1.82) is 0 Å². The molecule has 1 heterocycles. The maximum atomic E-state index is 12.0. The lowest BCUT2D eigenvalue weighted by Gasteiger charge is -2.36. The van der Waals surface area contributed by atoms with Crippen LogP contribution in [0.4, 0.5) is 5.69 Å². The van der Waals surface area contributed by atoms with Gasteiger partial charge in [-0.05, 0) is 12.1 Å². The standard InChI is InChI=1S/C23H28N4O3/c28-21(19-7-3-1-4-8-19)11-12-22(29)24-25-23(30)13-14-26-15-17-27(18-16-26)20-9-5-2-6-10-20/h1-10H,11-18H2,(H,24,29)(H,25,30). The number of benzene rings is 2. The molecule has 2 N–H and O–H groups in total. The van der Waals surface area contributed by atoms with Gasteiger partial charge in [-0.2, -0.15) is 0 Å². The molecule has 2 aromatic carbocycles. The van der Waals surface area contributed by atoms with Gasteiger partial charge in [0.2, 0.25) is 11.8 Å². The third kappa shape index (κ3) is 6.70. The monoisotopic (exact) mass is 408 g/mol. The Hall–Kier alpha value is -3.19. The zero-order valence-corrected chi connectivity index (χ0v) is 17.0. The summed E-state index contributed by atoms with van der Waals surface area (Å²) < 4.78 is 0. The van der Waals surface area contributed by atoms with E-state index in [1.807, 2.05) is 24.3 Å². The predicted octanol–water partition coefficient (Wildman–Crippen LogP) is 2.01. The summed E-state index contributed by atoms with van der Waals surface area (Å²) in [4.78, 5) is 40.5. The SMILES string of the molecule is O=C(CCC(=O)c1ccccc1)NNC(=O)CCN1CCN(c2ccccc2)CC1. The van der Waals surface area contributed by atoms with E-state index in [0.29, 0.717) is 18.5 Å². The predicted molar refractivity (Wildman–Crippen MR) is 116 cm³/mol. The fourth-order valence-corrected chi connectivity index (χ4v) is 3.39. The molecule has 7 heteroatoms. The first-order valence-electron chi connectivity index (χ1n) is 10.3. The third-order valence-electron chi connectivity index (χ3n) is 5.16. The number of carbonyl (C=O) groups excluding carboxylic acids is 3. The highest BCUT2D eigenvalue weighted by molar-refractivity contribution is 5.98. The highest BCUT2D eigenvalue weighted by Crippen LogP contribution is 2.15. The number of para-hydroxylation sites is 1. The van der Waals surface area contributed by atoms with Gasteiger partial charge in [0.25, 0.3) is 0 Å². The lowest BCUT2D eigenvalue weighted by molar-refractivity contribution is -0.129. The number of anilines is 1. The molecule has 1 aliphatic heterocycles. The number of ketones is 1. The van der Waals surface area contributed by atoms with Gasteiger partial charge in [0.05, 0.1) is 0 Å². The Morgan fingerprint density at radius 1 is 0.700 bits per heavy atom. The largest absolute Gasteiger partial charge is 0.369 e. The second-order valence-electron chi connectivity index (χ2n) is 7.30. The van der Waals surface area contributed by atoms with E-state index in [1.165, 1.54) is 5.69 Å². The van der Waals surface area contributed by atoms with Gasteiger partial charge in [0, 0.05) is 63.2 Å². The average Bonchev–Trinajstić information content (AvgIpc) is 2.81. The molecule has 1 aliphatic rings. The van der Waals surface area contributed by atoms with Crippen LogP contribution in [0.1, 0.15) is 29.6 Å². The lowest BCUT2D eigenvalue weighted by Crippen LogP contribution is -2.48. The van der Waals surface area contributed by atoms with E-state index < -0.39 is 0 Å². The molecule has 0 saturated carbocycles. The van der Waals surface area contributed by atoms with Crippen molar-refractivity contribution in [2.75, 3.05) is 37.6 Å². The lowest BCUT2D eigenvalue weighted by atomic mass is 10.1. The molecule has 7 nitrogen and oxygen atoms in total. The van der Waals surface area contributed by atoms with Crippen LogP contribution in [-0.2, 0) is 9.59 Å². The van der Waals surface area contributed by atoms with Gasteiger partial charge in [-0.15, -0.1) is 0 Å². The van der Waals surface area contributed by atoms with Crippen LogP contribution in [0.15, 0.2) is 60.7 Å². The van der Waals surface area contributed by atoms with Crippen molar-refractivity contribution in [2.24, 2.45) is 0 Å². The summed E-state index contributed by atoms with van der Waals surface area (Å²) in [5.74, 6) is -0.695. The van der Waals surface area contributed by atoms with Gasteiger partial charge in [0.15, 0.2) is 5.78 Å². The number of hydrogen-bond donors (Lipinski definition) is 2. The zero-order valence-electron chi connectivity index (χ0n) is 17.0. The fraction of sp³-hybridized carbons (Fsp3) is 0.348. The van der Waals surface area contributed by atoms with Crippen molar-refractivity contribution in [1.82, 2.24) is 15.8 Å². The van der Waals surface area contributed by atoms with E-state index in [4.69, 9.17) is 0 Å². The molecule has 0 atom stereocenters. The molecular formula is C23H28N4O3. The number of nitrogens with zero attached hydrogens (tertiary/aromatic N) is 2. The number of nitrogens with one attached hydrogen (secondary N) is 2. The second kappa shape index (κ2) is 11.1. The minimum absolute atomic E-state index is 0.0372. The van der Waals surface area contributed by atoms with Gasteiger partial charge < -0.3 is 4.90 Å². The van der Waals surface area contributed by atoms with Crippen LogP contribution in [0.5, 0.6) is 0 Å². The van der Waals surface area contributed by atoms with E-state index in [-0.39, 0.29) is 30.4 Å². The number of hydrazine groups is 1. The normalized spacial score (nSPS) is 14.2. The van der Waals surface area contributed by atoms with Crippen molar-refractivity contribution < 1.29 is 14.4 Å². The highest BCUT2D eigenvalue weighted by Gasteiger charge is 2.18. The number of piperazine rings is 1. The van der Waals surface area contributed by atoms with Crippen LogP contribution in [-0.4, -0.2) is 55.2 Å². The van der Waals surface area contributed by atoms with Gasteiger partial charge in [-0.1, -0.05) is 48.5 Å². The maximum absolute atomic E-state index is 12.0. The van der Waals surface area contributed by atoms with Crippen LogP contribution >= 0.6 is 0 Å². The van der Waals surface area contributed by atoms with Gasteiger partial charge in [0.1, 0.15) is 0 Å². The molecule has 0 aromatic heterocycles. The van der Waals surface area contributed by atoms with Crippen molar-refractivity contribution in [3.8, 4) is 0 Å². The molecule has 0 bridgehead atoms. The third-order valence-corrected chi connectivity index (χ3v) is 5.16. The summed E-state index contributed by atoms with van der Waals surface area (Å²) in [7, 11) is 0. The number of amides is 2. The van der Waals surface area contributed by atoms with Gasteiger partial charge in [-0.3, -0.25) is 30.1 Å². The van der Waals surface area contributed by atoms with Crippen LogP contribution in [0.25, 0.3) is 0 Å². The van der Waals surface area contributed by atoms with Crippen molar-refractivity contribution in [3.63, 3.8) is 0 Å². The van der Waals surface area contributed by atoms with Crippen LogP contribution in [0.3, 0.4) is 0 Å². The molecule has 2 amide bonds. The molecule has 2 aromatic rings. The molecule has 0 aliphatic carbocycles. The Bertz CT molecular complexity index is 834. The summed E-state index contributed by atoms with van der Waals surface area (Å²) in [5.41, 5.74) is 6.63. The molecule has 158 valence electrons. The molecule has 0 radical (unpaired) electrons. The van der Waals surface area contributed by atoms with Gasteiger partial charge in [-0.25, -0.2) is 0 Å². The molecule has 0 unspecified atom stereocenters. The van der Waals surface area contributed by atoms with Crippen molar-refractivity contribution in [2.45, 2.75) is 19.3 Å². The van der Waals surface area contributed by atoms with Crippen LogP contribution < -0.4 is 15.8 Å². The molecule has 1 saturated heterocycles. The van der Waals surface area contributed by atoms with Gasteiger partial charge >= 0.3 is 0 Å². The van der Waals surface area contributed by atoms with Crippen LogP contribution in [0.2, 0.25) is 0 Å². The molecular weight excluding hydrogens is 380 g/mol. The summed E-state index contributed by atoms with van der Waals surface area (Å²) in [6, 6.07) is 19.2. The average molecular weight is 409 g/mol. The number of carbonyl (C=O) groups is 3. The van der Waals surface area contributed by atoms with E-state index >= 15 is 0 Å². The Balaban J connectivity index is 1.28. The maximum Gasteiger partial charge on any atom is 0.239 e. The first kappa shape index (κ1) is 21.5. The summed E-state index contributed by atoms with van der Waals surface area (Å²) in [6.45, 7) is 4.30. The number of hydrogen-bond acceptors (Lipinski definition) is 5. The highest BCUT2D eigenvalue weighted by atomic mass is 16.2. The Morgan fingerprint density at radius 3 is 1.90 bits per heavy atom. The summed E-state index contributed by atoms with van der Waals surface area (Å²) >= 11 is 0. The first-order valence-corrected chi connectivity index (χ1v) is 10.3. The fourth-order valence-electron chi connectivity index (χ4n) is 3.39. The first-order chi connectivity index (χ1) is 14.6. The van der Waals surface area contributed by atoms with Crippen LogP contribution in [0, 0.1) is 0 Å². The van der Waals surface area contributed by atoms with E-state index in [2.05, 4.69) is 32.8 Å². The van der Waals surface area contributed by atoms with Crippen molar-refractivity contribution >= 4 is 23.3 Å². The molecule has 3 rings (SSSR count). The van der Waals surface area contributed by atoms with Crippen molar-refractivity contribution in [3.05, 3.63) is 66.2 Å². The zero-order chi connectivity index (χ0) is 21.2. The smallest absolute Gasteiger partial charge is 0.239 e. The molecule has 30 heavy (non-hydrogen) atoms. The van der Waals surface area contributed by atoms with E-state index in [1.54, 1.807) is 24.3 Å². The Kier molecular flexibility index (Phi) is 7.97. The molecule has 1 fully saturated rings. The minimum Gasteiger partial charge on any atom is -0.369 e. The summed E-state index contributed by atoms with van der Waals surface area (Å²) in [5, 5.41) is 0.